The molecule has 126 valence electrons. The molecule has 0 saturated carbocycles. The molecule has 0 aliphatic carbocycles. The van der Waals surface area contributed by atoms with Gasteiger partial charge in [0.15, 0.2) is 0 Å². The second-order valence-corrected chi connectivity index (χ2v) is 6.34. The van der Waals surface area contributed by atoms with Gasteiger partial charge in [-0.05, 0) is 45.0 Å². The molecular formula is C19H23N3O2. The van der Waals surface area contributed by atoms with Gasteiger partial charge in [0.2, 0.25) is 5.91 Å². The third-order valence-electron chi connectivity index (χ3n) is 4.24. The topological polar surface area (TPSA) is 67.6 Å². The summed E-state index contributed by atoms with van der Waals surface area (Å²) in [5, 5.41) is 2.98. The van der Waals surface area contributed by atoms with Crippen LogP contribution >= 0.6 is 0 Å². The van der Waals surface area contributed by atoms with E-state index in [1.54, 1.807) is 0 Å². The van der Waals surface area contributed by atoms with Crippen molar-refractivity contribution in [3.05, 3.63) is 48.0 Å². The van der Waals surface area contributed by atoms with Gasteiger partial charge < -0.3 is 20.7 Å². The van der Waals surface area contributed by atoms with Crippen LogP contribution in [0.25, 0.3) is 0 Å². The number of carbonyl (C=O) groups is 1. The molecule has 0 aromatic heterocycles. The standard InChI is InChI=1S/C19H23N3O2/c1-12-4-7-16(8-5-12)21-19(23)14(3)22-11-13(2)24-18-10-15(20)6-9-17(18)22/h4-10,13-14H,11,20H2,1-3H3,(H,21,23). The normalized spacial score (nSPS) is 17.6. The van der Waals surface area contributed by atoms with E-state index in [1.807, 2.05) is 63.2 Å². The molecule has 1 aliphatic rings. The van der Waals surface area contributed by atoms with Gasteiger partial charge in [-0.25, -0.2) is 0 Å². The van der Waals surface area contributed by atoms with Gasteiger partial charge >= 0.3 is 0 Å². The number of anilines is 3. The van der Waals surface area contributed by atoms with E-state index in [4.69, 9.17) is 10.5 Å². The first-order chi connectivity index (χ1) is 11.4. The second-order valence-electron chi connectivity index (χ2n) is 6.34. The van der Waals surface area contributed by atoms with Crippen molar-refractivity contribution in [2.75, 3.05) is 22.5 Å². The first-order valence-electron chi connectivity index (χ1n) is 8.14. The minimum Gasteiger partial charge on any atom is -0.487 e. The van der Waals surface area contributed by atoms with Crippen molar-refractivity contribution in [1.29, 1.82) is 0 Å². The Balaban J connectivity index is 1.80. The molecule has 2 atom stereocenters. The summed E-state index contributed by atoms with van der Waals surface area (Å²) in [5.41, 5.74) is 9.36. The molecule has 3 rings (SSSR count). The molecular weight excluding hydrogens is 302 g/mol. The highest BCUT2D eigenvalue weighted by Crippen LogP contribution is 2.36. The van der Waals surface area contributed by atoms with E-state index in [0.717, 1.165) is 22.7 Å². The number of nitrogens with two attached hydrogens (primary N) is 1. The van der Waals surface area contributed by atoms with E-state index in [-0.39, 0.29) is 18.1 Å². The Labute approximate surface area is 142 Å². The molecule has 1 amide bonds. The zero-order chi connectivity index (χ0) is 17.3. The van der Waals surface area contributed by atoms with Crippen LogP contribution in [0.4, 0.5) is 17.1 Å². The summed E-state index contributed by atoms with van der Waals surface area (Å²) in [6, 6.07) is 13.0. The van der Waals surface area contributed by atoms with Crippen LogP contribution in [-0.4, -0.2) is 24.6 Å². The van der Waals surface area contributed by atoms with Gasteiger partial charge in [0.25, 0.3) is 0 Å². The summed E-state index contributed by atoms with van der Waals surface area (Å²) in [4.78, 5) is 14.7. The SMILES string of the molecule is Cc1ccc(NC(=O)C(C)N2CC(C)Oc3cc(N)ccc32)cc1. The van der Waals surface area contributed by atoms with Crippen molar-refractivity contribution in [2.24, 2.45) is 0 Å². The molecule has 0 spiro atoms. The maximum atomic E-state index is 12.7. The predicted molar refractivity (Wildman–Crippen MR) is 97.6 cm³/mol. The van der Waals surface area contributed by atoms with Crippen molar-refractivity contribution >= 4 is 23.0 Å². The molecule has 0 bridgehead atoms. The summed E-state index contributed by atoms with van der Waals surface area (Å²) < 4.78 is 5.85. The lowest BCUT2D eigenvalue weighted by molar-refractivity contribution is -0.117. The second kappa shape index (κ2) is 6.43. The van der Waals surface area contributed by atoms with Crippen molar-refractivity contribution in [3.8, 4) is 5.75 Å². The lowest BCUT2D eigenvalue weighted by Crippen LogP contribution is -2.48. The van der Waals surface area contributed by atoms with Gasteiger partial charge in [-0.3, -0.25) is 4.79 Å². The molecule has 3 N–H and O–H groups in total. The molecule has 2 aromatic rings. The molecule has 0 saturated heterocycles. The lowest BCUT2D eigenvalue weighted by Gasteiger charge is -2.38. The Hall–Kier alpha value is -2.69. The number of nitrogens with one attached hydrogen (secondary N) is 1. The van der Waals surface area contributed by atoms with E-state index >= 15 is 0 Å². The molecule has 0 radical (unpaired) electrons. The monoisotopic (exact) mass is 325 g/mol. The number of benzene rings is 2. The highest BCUT2D eigenvalue weighted by atomic mass is 16.5. The average Bonchev–Trinajstić information content (AvgIpc) is 2.55. The van der Waals surface area contributed by atoms with Crippen molar-refractivity contribution in [3.63, 3.8) is 0 Å². The molecule has 0 fully saturated rings. The number of fused-ring (bicyclic) bond motifs is 1. The number of hydrogen-bond donors (Lipinski definition) is 2. The van der Waals surface area contributed by atoms with Crippen molar-refractivity contribution < 1.29 is 9.53 Å². The summed E-state index contributed by atoms with van der Waals surface area (Å²) >= 11 is 0. The van der Waals surface area contributed by atoms with Crippen LogP contribution in [0.15, 0.2) is 42.5 Å². The molecule has 2 unspecified atom stereocenters. The van der Waals surface area contributed by atoms with E-state index in [1.165, 1.54) is 0 Å². The molecule has 5 heteroatoms. The Morgan fingerprint density at radius 1 is 1.29 bits per heavy atom. The summed E-state index contributed by atoms with van der Waals surface area (Å²) in [5.74, 6) is 0.680. The largest absolute Gasteiger partial charge is 0.487 e. The predicted octanol–water partition coefficient (Wildman–Crippen LogP) is 3.19. The fourth-order valence-corrected chi connectivity index (χ4v) is 2.88. The minimum atomic E-state index is -0.319. The molecule has 1 aliphatic heterocycles. The summed E-state index contributed by atoms with van der Waals surface area (Å²) in [6.45, 7) is 6.57. The van der Waals surface area contributed by atoms with Crippen LogP contribution in [-0.2, 0) is 4.79 Å². The fourth-order valence-electron chi connectivity index (χ4n) is 2.88. The zero-order valence-electron chi connectivity index (χ0n) is 14.2. The Morgan fingerprint density at radius 2 is 2.00 bits per heavy atom. The van der Waals surface area contributed by atoms with E-state index in [0.29, 0.717) is 12.2 Å². The maximum Gasteiger partial charge on any atom is 0.246 e. The zero-order valence-corrected chi connectivity index (χ0v) is 14.2. The number of nitrogens with zero attached hydrogens (tertiary/aromatic N) is 1. The molecule has 1 heterocycles. The first-order valence-corrected chi connectivity index (χ1v) is 8.14. The van der Waals surface area contributed by atoms with Crippen LogP contribution in [0.3, 0.4) is 0 Å². The number of ether oxygens (including phenoxy) is 1. The first kappa shape index (κ1) is 16.2. The van der Waals surface area contributed by atoms with Crippen LogP contribution in [0.2, 0.25) is 0 Å². The van der Waals surface area contributed by atoms with Gasteiger partial charge in [-0.15, -0.1) is 0 Å². The molecule has 5 nitrogen and oxygen atoms in total. The number of hydrogen-bond acceptors (Lipinski definition) is 4. The van der Waals surface area contributed by atoms with Gasteiger partial charge in [0.05, 0.1) is 12.2 Å². The van der Waals surface area contributed by atoms with Gasteiger partial charge in [0.1, 0.15) is 17.9 Å². The van der Waals surface area contributed by atoms with E-state index < -0.39 is 0 Å². The number of nitrogen functional groups attached to an aromatic ring is 1. The van der Waals surface area contributed by atoms with Gasteiger partial charge in [0, 0.05) is 17.4 Å². The average molecular weight is 325 g/mol. The number of aryl methyl sites for hydroxylation is 1. The van der Waals surface area contributed by atoms with Crippen LogP contribution in [0, 0.1) is 6.92 Å². The van der Waals surface area contributed by atoms with Gasteiger partial charge in [-0.1, -0.05) is 17.7 Å². The lowest BCUT2D eigenvalue weighted by atomic mass is 10.1. The van der Waals surface area contributed by atoms with Crippen molar-refractivity contribution in [1.82, 2.24) is 0 Å². The smallest absolute Gasteiger partial charge is 0.246 e. The number of rotatable bonds is 3. The van der Waals surface area contributed by atoms with E-state index in [9.17, 15) is 4.79 Å². The Kier molecular flexibility index (Phi) is 4.34. The van der Waals surface area contributed by atoms with Crippen molar-refractivity contribution in [2.45, 2.75) is 32.9 Å². The highest BCUT2D eigenvalue weighted by Gasteiger charge is 2.30. The van der Waals surface area contributed by atoms with Crippen LogP contribution in [0.5, 0.6) is 5.75 Å². The van der Waals surface area contributed by atoms with E-state index in [2.05, 4.69) is 10.2 Å². The summed E-state index contributed by atoms with van der Waals surface area (Å²) in [6.07, 6.45) is -0.00563. The third-order valence-corrected chi connectivity index (χ3v) is 4.24. The quantitative estimate of drug-likeness (QED) is 0.851. The van der Waals surface area contributed by atoms with Gasteiger partial charge in [-0.2, -0.15) is 0 Å². The highest BCUT2D eigenvalue weighted by molar-refractivity contribution is 5.97. The number of amides is 1. The third kappa shape index (κ3) is 3.30. The van der Waals surface area contributed by atoms with Crippen LogP contribution in [0.1, 0.15) is 19.4 Å². The maximum absolute atomic E-state index is 12.7. The number of carbonyl (C=O) groups excluding carboxylic acids is 1. The molecule has 24 heavy (non-hydrogen) atoms. The molecule has 2 aromatic carbocycles. The Bertz CT molecular complexity index is 743. The summed E-state index contributed by atoms with van der Waals surface area (Å²) in [7, 11) is 0. The van der Waals surface area contributed by atoms with Crippen LogP contribution < -0.4 is 20.7 Å². The minimum absolute atomic E-state index is 0.00563. The Morgan fingerprint density at radius 3 is 2.71 bits per heavy atom. The fraction of sp³-hybridized carbons (Fsp3) is 0.316.